The fourth-order valence-corrected chi connectivity index (χ4v) is 3.35. The van der Waals surface area contributed by atoms with Crippen LogP contribution in [-0.2, 0) is 6.18 Å². The van der Waals surface area contributed by atoms with Crippen molar-refractivity contribution in [1.29, 1.82) is 0 Å². The summed E-state index contributed by atoms with van der Waals surface area (Å²) in [6.45, 7) is 1.96. The Morgan fingerprint density at radius 3 is 2.50 bits per heavy atom. The summed E-state index contributed by atoms with van der Waals surface area (Å²) in [4.78, 5) is 0.350. The van der Waals surface area contributed by atoms with Crippen molar-refractivity contribution in [3.05, 3.63) is 29.8 Å². The Morgan fingerprint density at radius 2 is 1.83 bits per heavy atom. The van der Waals surface area contributed by atoms with E-state index in [9.17, 15) is 13.2 Å². The SMILES string of the molecule is FC(F)(F)c1ccccc1SCC1CCNCC1. The van der Waals surface area contributed by atoms with Gasteiger partial charge in [-0.25, -0.2) is 0 Å². The predicted octanol–water partition coefficient (Wildman–Crippen LogP) is 3.80. The van der Waals surface area contributed by atoms with Crippen molar-refractivity contribution in [1.82, 2.24) is 5.32 Å². The second-order valence-corrected chi connectivity index (χ2v) is 5.56. The van der Waals surface area contributed by atoms with Gasteiger partial charge in [0.15, 0.2) is 0 Å². The molecule has 18 heavy (non-hydrogen) atoms. The number of thioether (sulfide) groups is 1. The molecular formula is C13H16F3NS. The van der Waals surface area contributed by atoms with Crippen LogP contribution in [0, 0.1) is 5.92 Å². The monoisotopic (exact) mass is 275 g/mol. The summed E-state index contributed by atoms with van der Waals surface area (Å²) in [5.74, 6) is 1.30. The van der Waals surface area contributed by atoms with Gasteiger partial charge in [-0.2, -0.15) is 13.2 Å². The summed E-state index contributed by atoms with van der Waals surface area (Å²) in [6, 6.07) is 5.83. The lowest BCUT2D eigenvalue weighted by Gasteiger charge is -2.22. The van der Waals surface area contributed by atoms with Crippen LogP contribution in [0.4, 0.5) is 13.2 Å². The minimum atomic E-state index is -4.25. The molecule has 0 atom stereocenters. The summed E-state index contributed by atoms with van der Waals surface area (Å²) < 4.78 is 38.4. The molecule has 1 fully saturated rings. The molecular weight excluding hydrogens is 259 g/mol. The van der Waals surface area contributed by atoms with Gasteiger partial charge in [0.05, 0.1) is 5.56 Å². The number of piperidine rings is 1. The molecule has 1 N–H and O–H groups in total. The molecule has 2 rings (SSSR count). The standard InChI is InChI=1S/C13H16F3NS/c14-13(15,16)11-3-1-2-4-12(11)18-9-10-5-7-17-8-6-10/h1-4,10,17H,5-9H2. The van der Waals surface area contributed by atoms with Crippen molar-refractivity contribution in [2.75, 3.05) is 18.8 Å². The fraction of sp³-hybridized carbons (Fsp3) is 0.538. The zero-order chi connectivity index (χ0) is 13.0. The van der Waals surface area contributed by atoms with Gasteiger partial charge in [0.1, 0.15) is 0 Å². The highest BCUT2D eigenvalue weighted by atomic mass is 32.2. The molecule has 1 aromatic carbocycles. The third kappa shape index (κ3) is 3.65. The highest BCUT2D eigenvalue weighted by molar-refractivity contribution is 7.99. The second kappa shape index (κ2) is 5.97. The van der Waals surface area contributed by atoms with Crippen LogP contribution in [0.1, 0.15) is 18.4 Å². The molecule has 0 amide bonds. The van der Waals surface area contributed by atoms with E-state index in [1.807, 2.05) is 0 Å². The molecule has 100 valence electrons. The van der Waals surface area contributed by atoms with Crippen LogP contribution in [0.15, 0.2) is 29.2 Å². The Labute approximate surface area is 109 Å². The van der Waals surface area contributed by atoms with Crippen molar-refractivity contribution in [2.24, 2.45) is 5.92 Å². The van der Waals surface area contributed by atoms with Crippen LogP contribution in [0.5, 0.6) is 0 Å². The minimum Gasteiger partial charge on any atom is -0.317 e. The maximum Gasteiger partial charge on any atom is 0.417 e. The molecule has 1 saturated heterocycles. The van der Waals surface area contributed by atoms with Gasteiger partial charge in [0.2, 0.25) is 0 Å². The number of hydrogen-bond donors (Lipinski definition) is 1. The summed E-state index contributed by atoms with van der Waals surface area (Å²) in [5, 5.41) is 3.26. The zero-order valence-corrected chi connectivity index (χ0v) is 10.8. The van der Waals surface area contributed by atoms with Crippen LogP contribution in [0.3, 0.4) is 0 Å². The number of alkyl halides is 3. The summed E-state index contributed by atoms with van der Waals surface area (Å²) in [6.07, 6.45) is -2.14. The van der Waals surface area contributed by atoms with Gasteiger partial charge < -0.3 is 5.32 Å². The van der Waals surface area contributed by atoms with Gasteiger partial charge in [-0.15, -0.1) is 11.8 Å². The predicted molar refractivity (Wildman–Crippen MR) is 67.8 cm³/mol. The normalized spacial score (nSPS) is 17.9. The lowest BCUT2D eigenvalue weighted by atomic mass is 10.0. The van der Waals surface area contributed by atoms with E-state index in [0.717, 1.165) is 37.8 Å². The molecule has 0 aromatic heterocycles. The maximum absolute atomic E-state index is 12.8. The van der Waals surface area contributed by atoms with E-state index in [2.05, 4.69) is 5.32 Å². The van der Waals surface area contributed by atoms with Crippen LogP contribution >= 0.6 is 11.8 Å². The average Bonchev–Trinajstić information content (AvgIpc) is 2.37. The van der Waals surface area contributed by atoms with Crippen LogP contribution < -0.4 is 5.32 Å². The first-order valence-corrected chi connectivity index (χ1v) is 7.05. The quantitative estimate of drug-likeness (QED) is 0.842. The Morgan fingerprint density at radius 1 is 1.17 bits per heavy atom. The van der Waals surface area contributed by atoms with Crippen LogP contribution in [0.25, 0.3) is 0 Å². The molecule has 1 heterocycles. The van der Waals surface area contributed by atoms with E-state index >= 15 is 0 Å². The van der Waals surface area contributed by atoms with Crippen molar-refractivity contribution in [3.63, 3.8) is 0 Å². The first kappa shape index (κ1) is 13.7. The smallest absolute Gasteiger partial charge is 0.317 e. The second-order valence-electron chi connectivity index (χ2n) is 4.50. The summed E-state index contributed by atoms with van der Waals surface area (Å²) in [5.41, 5.74) is -0.510. The molecule has 1 aliphatic rings. The van der Waals surface area contributed by atoms with Gasteiger partial charge in [-0.05, 0) is 44.0 Å². The van der Waals surface area contributed by atoms with E-state index in [0.29, 0.717) is 10.8 Å². The molecule has 1 aliphatic heterocycles. The lowest BCUT2D eigenvalue weighted by Crippen LogP contribution is -2.28. The maximum atomic E-state index is 12.8. The molecule has 1 aromatic rings. The molecule has 0 spiro atoms. The van der Waals surface area contributed by atoms with E-state index < -0.39 is 11.7 Å². The Kier molecular flexibility index (Phi) is 4.56. The highest BCUT2D eigenvalue weighted by Gasteiger charge is 2.33. The molecule has 0 unspecified atom stereocenters. The Balaban J connectivity index is 2.00. The number of halogens is 3. The lowest BCUT2D eigenvalue weighted by molar-refractivity contribution is -0.139. The van der Waals surface area contributed by atoms with Gasteiger partial charge in [-0.1, -0.05) is 12.1 Å². The first-order chi connectivity index (χ1) is 8.57. The van der Waals surface area contributed by atoms with E-state index in [-0.39, 0.29) is 0 Å². The third-order valence-corrected chi connectivity index (χ3v) is 4.43. The van der Waals surface area contributed by atoms with Crippen molar-refractivity contribution < 1.29 is 13.2 Å². The Bertz CT molecular complexity index is 386. The number of hydrogen-bond acceptors (Lipinski definition) is 2. The topological polar surface area (TPSA) is 12.0 Å². The van der Waals surface area contributed by atoms with Crippen molar-refractivity contribution in [3.8, 4) is 0 Å². The van der Waals surface area contributed by atoms with E-state index in [4.69, 9.17) is 0 Å². The van der Waals surface area contributed by atoms with Gasteiger partial charge in [-0.3, -0.25) is 0 Å². The number of benzene rings is 1. The molecule has 0 radical (unpaired) electrons. The minimum absolute atomic E-state index is 0.350. The third-order valence-electron chi connectivity index (χ3n) is 3.13. The van der Waals surface area contributed by atoms with Gasteiger partial charge in [0.25, 0.3) is 0 Å². The van der Waals surface area contributed by atoms with Crippen LogP contribution in [0.2, 0.25) is 0 Å². The first-order valence-electron chi connectivity index (χ1n) is 6.07. The highest BCUT2D eigenvalue weighted by Crippen LogP contribution is 2.37. The van der Waals surface area contributed by atoms with Gasteiger partial charge >= 0.3 is 6.18 Å². The van der Waals surface area contributed by atoms with E-state index in [1.165, 1.54) is 17.8 Å². The van der Waals surface area contributed by atoms with Gasteiger partial charge in [0, 0.05) is 10.6 Å². The Hall–Kier alpha value is -0.680. The molecule has 1 nitrogen and oxygen atoms in total. The molecule has 5 heteroatoms. The summed E-state index contributed by atoms with van der Waals surface area (Å²) in [7, 11) is 0. The average molecular weight is 275 g/mol. The number of rotatable bonds is 3. The molecule has 0 bridgehead atoms. The number of nitrogens with one attached hydrogen (secondary N) is 1. The molecule has 0 aliphatic carbocycles. The largest absolute Gasteiger partial charge is 0.417 e. The molecule has 0 saturated carbocycles. The van der Waals surface area contributed by atoms with E-state index in [1.54, 1.807) is 12.1 Å². The van der Waals surface area contributed by atoms with Crippen molar-refractivity contribution >= 4 is 11.8 Å². The fourth-order valence-electron chi connectivity index (χ4n) is 2.08. The zero-order valence-electron chi connectivity index (χ0n) is 9.96. The van der Waals surface area contributed by atoms with Crippen molar-refractivity contribution in [2.45, 2.75) is 23.9 Å². The summed E-state index contributed by atoms with van der Waals surface area (Å²) >= 11 is 1.33. The van der Waals surface area contributed by atoms with Crippen LogP contribution in [-0.4, -0.2) is 18.8 Å².